The Balaban J connectivity index is 2.14. The summed E-state index contributed by atoms with van der Waals surface area (Å²) < 4.78 is 15.5. The Morgan fingerprint density at radius 1 is 1.15 bits per heavy atom. The van der Waals surface area contributed by atoms with Crippen LogP contribution in [0.2, 0.25) is 0 Å². The summed E-state index contributed by atoms with van der Waals surface area (Å²) in [5.74, 6) is 0.900. The molecule has 0 bridgehead atoms. The fourth-order valence-electron chi connectivity index (χ4n) is 3.08. The molecule has 0 fully saturated rings. The monoisotopic (exact) mass is 364 g/mol. The second-order valence-corrected chi connectivity index (χ2v) is 6.48. The lowest BCUT2D eigenvalue weighted by atomic mass is 9.98. The lowest BCUT2D eigenvalue weighted by Crippen LogP contribution is -2.51. The zero-order valence-electron chi connectivity index (χ0n) is 16.1. The molecule has 0 unspecified atom stereocenters. The number of carbonyl (C=O) groups excluding carboxylic acids is 2. The van der Waals surface area contributed by atoms with Crippen molar-refractivity contribution in [3.05, 3.63) is 23.3 Å². The molecule has 0 aromatic heterocycles. The van der Waals surface area contributed by atoms with Gasteiger partial charge in [-0.1, -0.05) is 20.3 Å². The minimum absolute atomic E-state index is 0.00664. The van der Waals surface area contributed by atoms with Crippen molar-refractivity contribution in [1.82, 2.24) is 10.2 Å². The van der Waals surface area contributed by atoms with E-state index in [0.29, 0.717) is 24.6 Å². The van der Waals surface area contributed by atoms with Gasteiger partial charge in [0, 0.05) is 13.1 Å². The number of benzene rings is 1. The van der Waals surface area contributed by atoms with Crippen LogP contribution < -0.4 is 14.8 Å². The summed E-state index contributed by atoms with van der Waals surface area (Å²) in [4.78, 5) is 26.4. The van der Waals surface area contributed by atoms with E-state index >= 15 is 0 Å². The lowest BCUT2D eigenvalue weighted by Gasteiger charge is -2.32. The molecule has 1 aromatic rings. The molecule has 0 spiro atoms. The quantitative estimate of drug-likeness (QED) is 0.784. The van der Waals surface area contributed by atoms with E-state index in [4.69, 9.17) is 14.2 Å². The van der Waals surface area contributed by atoms with Crippen LogP contribution in [-0.2, 0) is 22.5 Å². The number of fused-ring (bicyclic) bond motifs is 1. The Labute approximate surface area is 154 Å². The van der Waals surface area contributed by atoms with Crippen molar-refractivity contribution in [2.75, 3.05) is 27.9 Å². The third-order valence-corrected chi connectivity index (χ3v) is 4.95. The van der Waals surface area contributed by atoms with E-state index in [1.54, 1.807) is 19.1 Å². The number of methoxy groups -OCH3 is 3. The van der Waals surface area contributed by atoms with Gasteiger partial charge in [-0.2, -0.15) is 0 Å². The molecule has 0 saturated carbocycles. The Kier molecular flexibility index (Phi) is 6.71. The Hall–Kier alpha value is -2.44. The smallest absolute Gasteiger partial charge is 0.328 e. The number of ether oxygens (including phenoxy) is 3. The second-order valence-electron chi connectivity index (χ2n) is 6.48. The summed E-state index contributed by atoms with van der Waals surface area (Å²) in [6.07, 6.45) is 1.48. The predicted octanol–water partition coefficient (Wildman–Crippen LogP) is 2.36. The third kappa shape index (κ3) is 4.20. The molecule has 2 rings (SSSR count). The number of urea groups is 1. The van der Waals surface area contributed by atoms with Crippen LogP contribution in [0, 0.1) is 5.92 Å². The molecule has 0 radical (unpaired) electrons. The number of hydrogen-bond donors (Lipinski definition) is 1. The SMILES string of the molecule is CC[C@@H](C)[C@H](NC(=O)N1CCc2cc(OC)c(OC)cc2C1)C(=O)OC. The first-order chi connectivity index (χ1) is 12.4. The molecule has 1 heterocycles. The normalized spacial score (nSPS) is 15.5. The van der Waals surface area contributed by atoms with Crippen molar-refractivity contribution >= 4 is 12.0 Å². The van der Waals surface area contributed by atoms with Gasteiger partial charge >= 0.3 is 12.0 Å². The van der Waals surface area contributed by atoms with Crippen molar-refractivity contribution in [1.29, 1.82) is 0 Å². The number of carbonyl (C=O) groups is 2. The van der Waals surface area contributed by atoms with Gasteiger partial charge < -0.3 is 24.4 Å². The predicted molar refractivity (Wildman–Crippen MR) is 97.5 cm³/mol. The van der Waals surface area contributed by atoms with Gasteiger partial charge in [-0.05, 0) is 35.6 Å². The van der Waals surface area contributed by atoms with Crippen molar-refractivity contribution in [3.8, 4) is 11.5 Å². The summed E-state index contributed by atoms with van der Waals surface area (Å²) >= 11 is 0. The van der Waals surface area contributed by atoms with Gasteiger partial charge in [0.15, 0.2) is 11.5 Å². The van der Waals surface area contributed by atoms with Gasteiger partial charge in [0.05, 0.1) is 21.3 Å². The van der Waals surface area contributed by atoms with Gasteiger partial charge in [0.2, 0.25) is 0 Å². The minimum Gasteiger partial charge on any atom is -0.493 e. The maximum Gasteiger partial charge on any atom is 0.328 e. The Bertz CT molecular complexity index is 662. The number of nitrogens with one attached hydrogen (secondary N) is 1. The van der Waals surface area contributed by atoms with Crippen molar-refractivity contribution in [3.63, 3.8) is 0 Å². The van der Waals surface area contributed by atoms with Gasteiger partial charge in [-0.3, -0.25) is 0 Å². The molecular formula is C19H28N2O5. The summed E-state index contributed by atoms with van der Waals surface area (Å²) in [5.41, 5.74) is 2.15. The standard InChI is InChI=1S/C19H28N2O5/c1-6-12(2)17(18(22)26-5)20-19(23)21-8-7-13-9-15(24-3)16(25-4)10-14(13)11-21/h9-10,12,17H,6-8,11H2,1-5H3,(H,20,23)/t12-,17+/m1/s1. The lowest BCUT2D eigenvalue weighted by molar-refractivity contribution is -0.144. The molecule has 1 aromatic carbocycles. The van der Waals surface area contributed by atoms with Crippen LogP contribution in [0.5, 0.6) is 11.5 Å². The first-order valence-corrected chi connectivity index (χ1v) is 8.82. The molecule has 1 aliphatic heterocycles. The van der Waals surface area contributed by atoms with E-state index in [2.05, 4.69) is 5.32 Å². The first-order valence-electron chi connectivity index (χ1n) is 8.82. The molecule has 7 nitrogen and oxygen atoms in total. The van der Waals surface area contributed by atoms with E-state index in [-0.39, 0.29) is 11.9 Å². The van der Waals surface area contributed by atoms with Crippen LogP contribution in [0.4, 0.5) is 4.79 Å². The fraction of sp³-hybridized carbons (Fsp3) is 0.579. The van der Waals surface area contributed by atoms with E-state index in [0.717, 1.165) is 24.0 Å². The number of esters is 1. The fourth-order valence-corrected chi connectivity index (χ4v) is 3.08. The van der Waals surface area contributed by atoms with E-state index < -0.39 is 12.0 Å². The number of rotatable bonds is 6. The zero-order valence-corrected chi connectivity index (χ0v) is 16.1. The van der Waals surface area contributed by atoms with Crippen LogP contribution in [0.3, 0.4) is 0 Å². The zero-order chi connectivity index (χ0) is 19.3. The summed E-state index contributed by atoms with van der Waals surface area (Å²) in [6.45, 7) is 4.92. The molecule has 2 atom stereocenters. The highest BCUT2D eigenvalue weighted by molar-refractivity contribution is 5.84. The van der Waals surface area contributed by atoms with Gasteiger partial charge in [0.25, 0.3) is 0 Å². The first kappa shape index (κ1) is 19.9. The van der Waals surface area contributed by atoms with E-state index in [9.17, 15) is 9.59 Å². The average molecular weight is 364 g/mol. The molecule has 1 N–H and O–H groups in total. The van der Waals surface area contributed by atoms with Gasteiger partial charge in [0.1, 0.15) is 6.04 Å². The minimum atomic E-state index is -0.649. The molecule has 0 aliphatic carbocycles. The average Bonchev–Trinajstić information content (AvgIpc) is 2.68. The van der Waals surface area contributed by atoms with Crippen molar-refractivity contribution in [2.24, 2.45) is 5.92 Å². The maximum absolute atomic E-state index is 12.7. The van der Waals surface area contributed by atoms with Crippen LogP contribution in [0.15, 0.2) is 12.1 Å². The molecular weight excluding hydrogens is 336 g/mol. The highest BCUT2D eigenvalue weighted by Gasteiger charge is 2.30. The topological polar surface area (TPSA) is 77.1 Å². The van der Waals surface area contributed by atoms with Crippen LogP contribution in [-0.4, -0.2) is 50.8 Å². The van der Waals surface area contributed by atoms with Crippen molar-refractivity contribution < 1.29 is 23.8 Å². The van der Waals surface area contributed by atoms with Crippen LogP contribution in [0.25, 0.3) is 0 Å². The molecule has 0 saturated heterocycles. The second kappa shape index (κ2) is 8.78. The maximum atomic E-state index is 12.7. The van der Waals surface area contributed by atoms with Crippen LogP contribution in [0.1, 0.15) is 31.4 Å². The molecule has 1 aliphatic rings. The van der Waals surface area contributed by atoms with E-state index in [1.165, 1.54) is 7.11 Å². The van der Waals surface area contributed by atoms with Crippen LogP contribution >= 0.6 is 0 Å². The largest absolute Gasteiger partial charge is 0.493 e. The van der Waals surface area contributed by atoms with Gasteiger partial charge in [-0.25, -0.2) is 9.59 Å². The highest BCUT2D eigenvalue weighted by Crippen LogP contribution is 2.33. The number of amides is 2. The molecule has 2 amide bonds. The molecule has 26 heavy (non-hydrogen) atoms. The van der Waals surface area contributed by atoms with Gasteiger partial charge in [-0.15, -0.1) is 0 Å². The summed E-state index contributed by atoms with van der Waals surface area (Å²) in [6, 6.07) is 2.95. The molecule has 7 heteroatoms. The number of nitrogens with zero attached hydrogens (tertiary/aromatic N) is 1. The third-order valence-electron chi connectivity index (χ3n) is 4.95. The Morgan fingerprint density at radius 3 is 2.31 bits per heavy atom. The summed E-state index contributed by atoms with van der Waals surface area (Å²) in [7, 11) is 4.53. The number of hydrogen-bond acceptors (Lipinski definition) is 5. The van der Waals surface area contributed by atoms with Crippen molar-refractivity contribution in [2.45, 2.75) is 39.3 Å². The highest BCUT2D eigenvalue weighted by atomic mass is 16.5. The Morgan fingerprint density at radius 2 is 1.77 bits per heavy atom. The molecule has 144 valence electrons. The summed E-state index contributed by atoms with van der Waals surface area (Å²) in [5, 5.41) is 2.83. The van der Waals surface area contributed by atoms with E-state index in [1.807, 2.05) is 26.0 Å².